The lowest BCUT2D eigenvalue weighted by atomic mass is 10.2. The second-order valence-electron chi connectivity index (χ2n) is 2.77. The molecule has 12 heavy (non-hydrogen) atoms. The van der Waals surface area contributed by atoms with E-state index in [-0.39, 0.29) is 11.7 Å². The molecule has 0 bridgehead atoms. The largest absolute Gasteiger partial charge is 0.341 e. The Labute approximate surface area is 69.0 Å². The van der Waals surface area contributed by atoms with Gasteiger partial charge >= 0.3 is 0 Å². The number of hydrogen-bond acceptors (Lipinski definition) is 2. The zero-order valence-corrected chi connectivity index (χ0v) is 6.72. The van der Waals surface area contributed by atoms with Gasteiger partial charge in [-0.2, -0.15) is 0 Å². The van der Waals surface area contributed by atoms with Crippen LogP contribution in [0.4, 0.5) is 8.78 Å². The van der Waals surface area contributed by atoms with Gasteiger partial charge in [0, 0.05) is 12.5 Å². The summed E-state index contributed by atoms with van der Waals surface area (Å²) in [6, 6.07) is -0.0679. The fourth-order valence-corrected chi connectivity index (χ4v) is 0.898. The van der Waals surface area contributed by atoms with Crippen molar-refractivity contribution in [1.82, 2.24) is 9.97 Å². The van der Waals surface area contributed by atoms with Crippen molar-refractivity contribution in [1.29, 1.82) is 0 Å². The number of alkyl halides is 2. The fourth-order valence-electron chi connectivity index (χ4n) is 0.898. The van der Waals surface area contributed by atoms with Crippen LogP contribution < -0.4 is 5.73 Å². The Morgan fingerprint density at radius 2 is 2.33 bits per heavy atom. The number of nitrogens with two attached hydrogens (primary N) is 1. The number of nitrogens with zero attached hydrogens (tertiary/aromatic N) is 1. The fraction of sp³-hybridized carbons (Fsp3) is 0.571. The Kier molecular flexibility index (Phi) is 2.75. The normalized spacial score (nSPS) is 13.8. The summed E-state index contributed by atoms with van der Waals surface area (Å²) in [5, 5.41) is 0. The quantitative estimate of drug-likeness (QED) is 0.726. The third kappa shape index (κ3) is 2.27. The first-order valence-corrected chi connectivity index (χ1v) is 3.67. The highest BCUT2D eigenvalue weighted by molar-refractivity contribution is 5.03. The van der Waals surface area contributed by atoms with Gasteiger partial charge in [0.1, 0.15) is 11.5 Å². The predicted octanol–water partition coefficient (Wildman–Crippen LogP) is 1.24. The molecule has 0 aromatic carbocycles. The molecule has 3 nitrogen and oxygen atoms in total. The van der Waals surface area contributed by atoms with Crippen LogP contribution in [0.25, 0.3) is 0 Å². The molecule has 1 rings (SSSR count). The lowest BCUT2D eigenvalue weighted by Gasteiger charge is -1.99. The van der Waals surface area contributed by atoms with Crippen LogP contribution >= 0.6 is 0 Å². The molecule has 1 aromatic heterocycles. The molecule has 0 aliphatic heterocycles. The summed E-state index contributed by atoms with van der Waals surface area (Å²) in [4.78, 5) is 6.26. The van der Waals surface area contributed by atoms with Crippen molar-refractivity contribution in [3.05, 3.63) is 17.7 Å². The van der Waals surface area contributed by atoms with E-state index in [9.17, 15) is 8.78 Å². The Bertz CT molecular complexity index is 245. The molecule has 68 valence electrons. The minimum absolute atomic E-state index is 0.0679. The highest BCUT2D eigenvalue weighted by atomic mass is 19.3. The average Bonchev–Trinajstić information content (AvgIpc) is 2.34. The van der Waals surface area contributed by atoms with Crippen LogP contribution in [0.1, 0.15) is 24.9 Å². The highest BCUT2D eigenvalue weighted by Crippen LogP contribution is 2.15. The zero-order chi connectivity index (χ0) is 9.14. The summed E-state index contributed by atoms with van der Waals surface area (Å²) in [5.41, 5.74) is 5.31. The van der Waals surface area contributed by atoms with E-state index in [0.29, 0.717) is 12.2 Å². The van der Waals surface area contributed by atoms with E-state index in [1.165, 1.54) is 0 Å². The third-order valence-corrected chi connectivity index (χ3v) is 1.40. The maximum atomic E-state index is 12.0. The molecule has 0 aliphatic carbocycles. The van der Waals surface area contributed by atoms with Crippen molar-refractivity contribution < 1.29 is 8.78 Å². The molecule has 0 saturated heterocycles. The van der Waals surface area contributed by atoms with E-state index in [4.69, 9.17) is 5.73 Å². The smallest absolute Gasteiger partial charge is 0.279 e. The molecular formula is C7H11F2N3. The zero-order valence-electron chi connectivity index (χ0n) is 6.72. The number of aromatic nitrogens is 2. The van der Waals surface area contributed by atoms with Gasteiger partial charge in [0.15, 0.2) is 0 Å². The van der Waals surface area contributed by atoms with Crippen molar-refractivity contribution in [2.45, 2.75) is 25.8 Å². The number of aromatic amines is 1. The summed E-state index contributed by atoms with van der Waals surface area (Å²) in [5.74, 6) is 0.514. The highest BCUT2D eigenvalue weighted by Gasteiger charge is 2.10. The molecule has 0 amide bonds. The first-order valence-electron chi connectivity index (χ1n) is 3.67. The molecule has 0 saturated carbocycles. The maximum Gasteiger partial charge on any atom is 0.279 e. The van der Waals surface area contributed by atoms with E-state index in [2.05, 4.69) is 9.97 Å². The average molecular weight is 175 g/mol. The first-order chi connectivity index (χ1) is 5.59. The summed E-state index contributed by atoms with van der Waals surface area (Å²) in [6.07, 6.45) is -0.853. The third-order valence-electron chi connectivity index (χ3n) is 1.40. The van der Waals surface area contributed by atoms with Crippen molar-refractivity contribution >= 4 is 0 Å². The van der Waals surface area contributed by atoms with Crippen molar-refractivity contribution in [3.8, 4) is 0 Å². The summed E-state index contributed by atoms with van der Waals surface area (Å²) >= 11 is 0. The molecule has 1 aromatic rings. The Morgan fingerprint density at radius 1 is 1.67 bits per heavy atom. The standard InChI is InChI=1S/C7H11F2N3/c1-4(10)2-6-11-3-5(12-6)7(8)9/h3-4,7H,2,10H2,1H3,(H,11,12). The topological polar surface area (TPSA) is 54.7 Å². The van der Waals surface area contributed by atoms with Gasteiger partial charge in [-0.05, 0) is 6.92 Å². The summed E-state index contributed by atoms with van der Waals surface area (Å²) < 4.78 is 24.0. The molecule has 1 atom stereocenters. The Hall–Kier alpha value is -0.970. The van der Waals surface area contributed by atoms with Crippen LogP contribution in [0, 0.1) is 0 Å². The molecule has 0 radical (unpaired) electrons. The van der Waals surface area contributed by atoms with Gasteiger partial charge in [-0.3, -0.25) is 0 Å². The van der Waals surface area contributed by atoms with Gasteiger partial charge < -0.3 is 10.7 Å². The molecule has 3 N–H and O–H groups in total. The van der Waals surface area contributed by atoms with Crippen molar-refractivity contribution in [2.75, 3.05) is 0 Å². The van der Waals surface area contributed by atoms with Crippen LogP contribution in [0.2, 0.25) is 0 Å². The van der Waals surface area contributed by atoms with Gasteiger partial charge in [0.2, 0.25) is 0 Å². The van der Waals surface area contributed by atoms with E-state index in [1.54, 1.807) is 6.92 Å². The maximum absolute atomic E-state index is 12.0. The van der Waals surface area contributed by atoms with Crippen LogP contribution in [0.15, 0.2) is 6.20 Å². The van der Waals surface area contributed by atoms with Crippen LogP contribution in [-0.2, 0) is 6.42 Å². The molecule has 0 spiro atoms. The minimum atomic E-state index is -2.49. The van der Waals surface area contributed by atoms with Gasteiger partial charge in [0.25, 0.3) is 6.43 Å². The Balaban J connectivity index is 2.64. The molecule has 0 aliphatic rings. The molecular weight excluding hydrogens is 164 g/mol. The van der Waals surface area contributed by atoms with Gasteiger partial charge in [-0.1, -0.05) is 0 Å². The van der Waals surface area contributed by atoms with Crippen LogP contribution in [-0.4, -0.2) is 16.0 Å². The monoisotopic (exact) mass is 175 g/mol. The second kappa shape index (κ2) is 3.62. The SMILES string of the molecule is CC(N)Cc1ncc(C(F)F)[nH]1. The van der Waals surface area contributed by atoms with Gasteiger partial charge in [0.05, 0.1) is 6.20 Å². The van der Waals surface area contributed by atoms with E-state index in [0.717, 1.165) is 6.20 Å². The van der Waals surface area contributed by atoms with Gasteiger partial charge in [-0.15, -0.1) is 0 Å². The summed E-state index contributed by atoms with van der Waals surface area (Å²) in [7, 11) is 0. The molecule has 1 heterocycles. The van der Waals surface area contributed by atoms with E-state index < -0.39 is 6.43 Å². The molecule has 0 fully saturated rings. The summed E-state index contributed by atoms with van der Waals surface area (Å²) in [6.45, 7) is 1.80. The lowest BCUT2D eigenvalue weighted by molar-refractivity contribution is 0.146. The second-order valence-corrected chi connectivity index (χ2v) is 2.77. The predicted molar refractivity (Wildman–Crippen MR) is 40.9 cm³/mol. The molecule has 5 heteroatoms. The van der Waals surface area contributed by atoms with Crippen molar-refractivity contribution in [2.24, 2.45) is 5.73 Å². The number of hydrogen-bond donors (Lipinski definition) is 2. The number of imidazole rings is 1. The number of halogens is 2. The number of H-pyrrole nitrogens is 1. The molecule has 1 unspecified atom stereocenters. The number of rotatable bonds is 3. The van der Waals surface area contributed by atoms with Crippen LogP contribution in [0.3, 0.4) is 0 Å². The van der Waals surface area contributed by atoms with Crippen molar-refractivity contribution in [3.63, 3.8) is 0 Å². The number of nitrogens with one attached hydrogen (secondary N) is 1. The first kappa shape index (κ1) is 9.12. The van der Waals surface area contributed by atoms with Gasteiger partial charge in [-0.25, -0.2) is 13.8 Å². The van der Waals surface area contributed by atoms with Crippen LogP contribution in [0.5, 0.6) is 0 Å². The minimum Gasteiger partial charge on any atom is -0.341 e. The van der Waals surface area contributed by atoms with E-state index in [1.807, 2.05) is 0 Å². The lowest BCUT2D eigenvalue weighted by Crippen LogP contribution is -2.18. The van der Waals surface area contributed by atoms with E-state index >= 15 is 0 Å². The Morgan fingerprint density at radius 3 is 2.75 bits per heavy atom.